The molecule has 5 heteroatoms. The van der Waals surface area contributed by atoms with Gasteiger partial charge in [-0.3, -0.25) is 9.89 Å². The molecular formula is C15H19N3O2. The van der Waals surface area contributed by atoms with Gasteiger partial charge in [-0.1, -0.05) is 6.07 Å². The number of aromatic nitrogens is 2. The molecule has 1 unspecified atom stereocenters. The van der Waals surface area contributed by atoms with Crippen LogP contribution in [0.1, 0.15) is 36.0 Å². The number of carbonyl (C=O) groups is 1. The van der Waals surface area contributed by atoms with E-state index in [-0.39, 0.29) is 5.91 Å². The van der Waals surface area contributed by atoms with Gasteiger partial charge in [0.15, 0.2) is 0 Å². The van der Waals surface area contributed by atoms with E-state index in [1.165, 1.54) is 6.42 Å². The zero-order chi connectivity index (χ0) is 13.8. The Morgan fingerprint density at radius 3 is 3.25 bits per heavy atom. The summed E-state index contributed by atoms with van der Waals surface area (Å²) in [6, 6.07) is 5.55. The molecule has 5 nitrogen and oxygen atoms in total. The highest BCUT2D eigenvalue weighted by Crippen LogP contribution is 2.15. The maximum Gasteiger partial charge on any atom is 0.251 e. The van der Waals surface area contributed by atoms with Crippen LogP contribution in [0.3, 0.4) is 0 Å². The molecule has 1 aromatic heterocycles. The Hall–Kier alpha value is -1.88. The molecule has 2 aromatic rings. The number of H-pyrrole nitrogens is 1. The molecule has 106 valence electrons. The third kappa shape index (κ3) is 2.99. The summed E-state index contributed by atoms with van der Waals surface area (Å²) in [6.45, 7) is 1.51. The van der Waals surface area contributed by atoms with Crippen molar-refractivity contribution in [2.24, 2.45) is 0 Å². The topological polar surface area (TPSA) is 67.0 Å². The molecule has 20 heavy (non-hydrogen) atoms. The Kier molecular flexibility index (Phi) is 3.97. The molecule has 1 aromatic carbocycles. The first-order chi connectivity index (χ1) is 9.83. The average Bonchev–Trinajstić information content (AvgIpc) is 2.95. The number of fused-ring (bicyclic) bond motifs is 1. The lowest BCUT2D eigenvalue weighted by molar-refractivity contribution is 0.0117. The first-order valence-electron chi connectivity index (χ1n) is 7.16. The number of rotatable bonds is 4. The van der Waals surface area contributed by atoms with Crippen molar-refractivity contribution in [3.05, 3.63) is 30.0 Å². The Morgan fingerprint density at radius 2 is 2.40 bits per heavy atom. The number of hydrogen-bond donors (Lipinski definition) is 2. The van der Waals surface area contributed by atoms with Crippen LogP contribution in [0, 0.1) is 0 Å². The first-order valence-corrected chi connectivity index (χ1v) is 7.16. The molecule has 0 saturated carbocycles. The van der Waals surface area contributed by atoms with Crippen LogP contribution < -0.4 is 5.32 Å². The van der Waals surface area contributed by atoms with E-state index < -0.39 is 0 Å². The van der Waals surface area contributed by atoms with Crippen molar-refractivity contribution < 1.29 is 9.53 Å². The second-order valence-electron chi connectivity index (χ2n) is 5.21. The predicted octanol–water partition coefficient (Wildman–Crippen LogP) is 2.25. The lowest BCUT2D eigenvalue weighted by Crippen LogP contribution is -2.29. The maximum atomic E-state index is 12.1. The minimum atomic E-state index is -0.0442. The Morgan fingerprint density at radius 1 is 1.45 bits per heavy atom. The van der Waals surface area contributed by atoms with Crippen molar-refractivity contribution in [1.82, 2.24) is 15.5 Å². The van der Waals surface area contributed by atoms with Gasteiger partial charge in [0.05, 0.1) is 17.8 Å². The zero-order valence-electron chi connectivity index (χ0n) is 11.4. The third-order valence-electron chi connectivity index (χ3n) is 3.73. The molecule has 3 rings (SSSR count). The van der Waals surface area contributed by atoms with E-state index in [0.717, 1.165) is 36.8 Å². The summed E-state index contributed by atoms with van der Waals surface area (Å²) in [5.41, 5.74) is 1.54. The van der Waals surface area contributed by atoms with E-state index in [9.17, 15) is 4.79 Å². The first kappa shape index (κ1) is 13.1. The Bertz CT molecular complexity index is 588. The number of carbonyl (C=O) groups excluding carboxylic acids is 1. The van der Waals surface area contributed by atoms with Gasteiger partial charge in [-0.15, -0.1) is 0 Å². The summed E-state index contributed by atoms with van der Waals surface area (Å²) in [5, 5.41) is 10.8. The standard InChI is InChI=1S/C15H19N3O2/c19-15(16-7-6-13-3-1-2-8-20-13)11-4-5-12-10-17-18-14(12)9-11/h4-5,9-10,13H,1-3,6-8H2,(H,16,19)(H,17,18). The van der Waals surface area contributed by atoms with Crippen LogP contribution in [0.25, 0.3) is 10.9 Å². The van der Waals surface area contributed by atoms with Crippen molar-refractivity contribution in [2.75, 3.05) is 13.2 Å². The molecule has 0 aliphatic carbocycles. The molecule has 1 aliphatic heterocycles. The fraction of sp³-hybridized carbons (Fsp3) is 0.467. The van der Waals surface area contributed by atoms with Gasteiger partial charge >= 0.3 is 0 Å². The molecular weight excluding hydrogens is 254 g/mol. The number of nitrogens with zero attached hydrogens (tertiary/aromatic N) is 1. The van der Waals surface area contributed by atoms with E-state index in [2.05, 4.69) is 15.5 Å². The highest BCUT2D eigenvalue weighted by Gasteiger charge is 2.14. The van der Waals surface area contributed by atoms with E-state index in [1.54, 1.807) is 6.20 Å². The number of amides is 1. The van der Waals surface area contributed by atoms with E-state index in [1.807, 2.05) is 18.2 Å². The van der Waals surface area contributed by atoms with E-state index in [0.29, 0.717) is 18.2 Å². The molecule has 0 bridgehead atoms. The largest absolute Gasteiger partial charge is 0.378 e. The van der Waals surface area contributed by atoms with Gasteiger partial charge in [0.1, 0.15) is 0 Å². The minimum absolute atomic E-state index is 0.0442. The second kappa shape index (κ2) is 6.05. The molecule has 1 amide bonds. The molecule has 0 spiro atoms. The number of benzene rings is 1. The molecule has 1 saturated heterocycles. The quantitative estimate of drug-likeness (QED) is 0.898. The van der Waals surface area contributed by atoms with Crippen molar-refractivity contribution in [1.29, 1.82) is 0 Å². The third-order valence-corrected chi connectivity index (χ3v) is 3.73. The van der Waals surface area contributed by atoms with Crippen LogP contribution in [-0.4, -0.2) is 35.4 Å². The van der Waals surface area contributed by atoms with Gasteiger partial charge in [-0.2, -0.15) is 5.10 Å². The lowest BCUT2D eigenvalue weighted by atomic mass is 10.1. The lowest BCUT2D eigenvalue weighted by Gasteiger charge is -2.22. The predicted molar refractivity (Wildman–Crippen MR) is 76.6 cm³/mol. The Labute approximate surface area is 117 Å². The molecule has 0 radical (unpaired) electrons. The Balaban J connectivity index is 1.53. The van der Waals surface area contributed by atoms with Gasteiger partial charge < -0.3 is 10.1 Å². The smallest absolute Gasteiger partial charge is 0.251 e. The SMILES string of the molecule is O=C(NCCC1CCCCO1)c1ccc2cn[nH]c2c1. The second-order valence-corrected chi connectivity index (χ2v) is 5.21. The monoisotopic (exact) mass is 273 g/mol. The van der Waals surface area contributed by atoms with Crippen LogP contribution in [0.4, 0.5) is 0 Å². The summed E-state index contributed by atoms with van der Waals surface area (Å²) in [4.78, 5) is 12.1. The summed E-state index contributed by atoms with van der Waals surface area (Å²) in [5.74, 6) is -0.0442. The van der Waals surface area contributed by atoms with Crippen molar-refractivity contribution in [3.8, 4) is 0 Å². The van der Waals surface area contributed by atoms with Crippen LogP contribution in [-0.2, 0) is 4.74 Å². The van der Waals surface area contributed by atoms with Gasteiger partial charge in [0.2, 0.25) is 0 Å². The molecule has 2 heterocycles. The number of aromatic amines is 1. The van der Waals surface area contributed by atoms with Gasteiger partial charge in [0.25, 0.3) is 5.91 Å². The minimum Gasteiger partial charge on any atom is -0.378 e. The van der Waals surface area contributed by atoms with E-state index >= 15 is 0 Å². The van der Waals surface area contributed by atoms with Crippen molar-refractivity contribution >= 4 is 16.8 Å². The fourth-order valence-electron chi connectivity index (χ4n) is 2.56. The van der Waals surface area contributed by atoms with Crippen molar-refractivity contribution in [3.63, 3.8) is 0 Å². The fourth-order valence-corrected chi connectivity index (χ4v) is 2.56. The zero-order valence-corrected chi connectivity index (χ0v) is 11.4. The molecule has 1 aliphatic rings. The number of ether oxygens (including phenoxy) is 1. The van der Waals surface area contributed by atoms with Gasteiger partial charge in [-0.25, -0.2) is 0 Å². The van der Waals surface area contributed by atoms with Crippen LogP contribution in [0.15, 0.2) is 24.4 Å². The average molecular weight is 273 g/mol. The summed E-state index contributed by atoms with van der Waals surface area (Å²) in [7, 11) is 0. The molecule has 1 fully saturated rings. The summed E-state index contributed by atoms with van der Waals surface area (Å²) >= 11 is 0. The van der Waals surface area contributed by atoms with Crippen LogP contribution in [0.5, 0.6) is 0 Å². The summed E-state index contributed by atoms with van der Waals surface area (Å²) < 4.78 is 5.65. The maximum absolute atomic E-state index is 12.1. The number of nitrogens with one attached hydrogen (secondary N) is 2. The summed E-state index contributed by atoms with van der Waals surface area (Å²) in [6.07, 6.45) is 6.44. The highest BCUT2D eigenvalue weighted by molar-refractivity contribution is 5.97. The van der Waals surface area contributed by atoms with E-state index in [4.69, 9.17) is 4.74 Å². The molecule has 1 atom stereocenters. The van der Waals surface area contributed by atoms with Crippen LogP contribution in [0.2, 0.25) is 0 Å². The number of hydrogen-bond acceptors (Lipinski definition) is 3. The van der Waals surface area contributed by atoms with Gasteiger partial charge in [-0.05, 0) is 37.8 Å². The highest BCUT2D eigenvalue weighted by atomic mass is 16.5. The molecule has 2 N–H and O–H groups in total. The van der Waals surface area contributed by atoms with Gasteiger partial charge in [0, 0.05) is 24.1 Å². The normalized spacial score (nSPS) is 19.1. The van der Waals surface area contributed by atoms with Crippen LogP contribution >= 0.6 is 0 Å². The van der Waals surface area contributed by atoms with Crippen molar-refractivity contribution in [2.45, 2.75) is 31.8 Å².